The smallest absolute Gasteiger partial charge is 0.0464 e. The van der Waals surface area contributed by atoms with Gasteiger partial charge in [0, 0.05) is 27.4 Å². The molecule has 4 rings (SSSR count). The van der Waals surface area contributed by atoms with Crippen LogP contribution in [0.1, 0.15) is 17.9 Å². The van der Waals surface area contributed by atoms with Gasteiger partial charge < -0.3 is 4.98 Å². The summed E-state index contributed by atoms with van der Waals surface area (Å²) in [6, 6.07) is 19.3. The van der Waals surface area contributed by atoms with Crippen molar-refractivity contribution in [3.05, 3.63) is 70.7 Å². The van der Waals surface area contributed by atoms with Crippen molar-refractivity contribution in [3.8, 4) is 0 Å². The molecule has 3 aromatic rings. The molecule has 0 aliphatic heterocycles. The van der Waals surface area contributed by atoms with Crippen LogP contribution in [0.15, 0.2) is 54.6 Å². The van der Waals surface area contributed by atoms with Gasteiger partial charge in [0.25, 0.3) is 0 Å². The lowest BCUT2D eigenvalue weighted by Gasteiger charge is -2.12. The van der Waals surface area contributed by atoms with Gasteiger partial charge in [0.1, 0.15) is 0 Å². The highest BCUT2D eigenvalue weighted by atomic mass is 14.7. The number of rotatable bonds is 1. The van der Waals surface area contributed by atoms with Crippen molar-refractivity contribution in [2.24, 2.45) is 0 Å². The zero-order chi connectivity index (χ0) is 12.7. The maximum atomic E-state index is 3.53. The summed E-state index contributed by atoms with van der Waals surface area (Å²) in [5, 5.41) is 3.96. The average molecular weight is 245 g/mol. The van der Waals surface area contributed by atoms with E-state index in [4.69, 9.17) is 0 Å². The maximum Gasteiger partial charge on any atom is 0.0464 e. The summed E-state index contributed by atoms with van der Waals surface area (Å²) in [6.07, 6.45) is 5.81. The zero-order valence-electron chi connectivity index (χ0n) is 10.6. The van der Waals surface area contributed by atoms with Crippen LogP contribution >= 0.6 is 0 Å². The molecule has 0 saturated carbocycles. The van der Waals surface area contributed by atoms with Crippen LogP contribution in [-0.4, -0.2) is 4.98 Å². The molecule has 1 aliphatic rings. The molecular formula is C18H15N. The number of benzene rings is 2. The second-order valence-electron chi connectivity index (χ2n) is 5.12. The van der Waals surface area contributed by atoms with Gasteiger partial charge in [-0.1, -0.05) is 60.7 Å². The topological polar surface area (TPSA) is 15.8 Å². The van der Waals surface area contributed by atoms with Gasteiger partial charge in [0.15, 0.2) is 0 Å². The van der Waals surface area contributed by atoms with E-state index in [0.717, 1.165) is 6.42 Å². The largest absolute Gasteiger partial charge is 0.355 e. The summed E-state index contributed by atoms with van der Waals surface area (Å²) >= 11 is 0. The van der Waals surface area contributed by atoms with Crippen molar-refractivity contribution < 1.29 is 0 Å². The fourth-order valence-electron chi connectivity index (χ4n) is 2.98. The predicted octanol–water partition coefficient (Wildman–Crippen LogP) is 2.92. The molecule has 2 aromatic carbocycles. The monoisotopic (exact) mass is 245 g/mol. The van der Waals surface area contributed by atoms with Crippen LogP contribution in [0.5, 0.6) is 0 Å². The summed E-state index contributed by atoms with van der Waals surface area (Å²) in [6.45, 7) is 0. The quantitative estimate of drug-likeness (QED) is 0.678. The summed E-state index contributed by atoms with van der Waals surface area (Å²) in [4.78, 5) is 3.53. The van der Waals surface area contributed by atoms with E-state index >= 15 is 0 Å². The van der Waals surface area contributed by atoms with Crippen LogP contribution in [-0.2, 0) is 0 Å². The third-order valence-electron chi connectivity index (χ3n) is 3.95. The number of hydrogen-bond donors (Lipinski definition) is 1. The second-order valence-corrected chi connectivity index (χ2v) is 5.12. The highest BCUT2D eigenvalue weighted by Gasteiger charge is 2.11. The first-order chi connectivity index (χ1) is 9.42. The molecule has 1 nitrogen and oxygen atoms in total. The number of hydrogen-bond acceptors (Lipinski definition) is 0. The van der Waals surface area contributed by atoms with Gasteiger partial charge in [-0.15, -0.1) is 0 Å². The molecule has 1 heteroatoms. The Bertz CT molecular complexity index is 840. The Labute approximate surface area is 111 Å². The van der Waals surface area contributed by atoms with Crippen molar-refractivity contribution in [2.45, 2.75) is 12.3 Å². The predicted molar refractivity (Wildman–Crippen MR) is 80.3 cm³/mol. The first-order valence-electron chi connectivity index (χ1n) is 6.75. The molecule has 1 N–H and O–H groups in total. The Hall–Kier alpha value is -2.28. The Kier molecular flexibility index (Phi) is 2.31. The van der Waals surface area contributed by atoms with Crippen molar-refractivity contribution in [2.75, 3.05) is 0 Å². The fraction of sp³-hybridized carbons (Fsp3) is 0.111. The third kappa shape index (κ3) is 1.70. The maximum absolute atomic E-state index is 3.53. The molecule has 19 heavy (non-hydrogen) atoms. The van der Waals surface area contributed by atoms with Crippen LogP contribution in [0, 0.1) is 0 Å². The van der Waals surface area contributed by atoms with E-state index in [0.29, 0.717) is 5.92 Å². The van der Waals surface area contributed by atoms with Gasteiger partial charge in [-0.05, 0) is 18.1 Å². The molecular weight excluding hydrogens is 230 g/mol. The molecule has 0 fully saturated rings. The summed E-state index contributed by atoms with van der Waals surface area (Å²) in [5.41, 5.74) is 2.62. The lowest BCUT2D eigenvalue weighted by molar-refractivity contribution is 0.917. The Morgan fingerprint density at radius 3 is 2.58 bits per heavy atom. The van der Waals surface area contributed by atoms with Gasteiger partial charge in [0.05, 0.1) is 0 Å². The molecule has 1 unspecified atom stereocenters. The lowest BCUT2D eigenvalue weighted by Crippen LogP contribution is -2.27. The van der Waals surface area contributed by atoms with E-state index in [-0.39, 0.29) is 0 Å². The molecule has 0 amide bonds. The summed E-state index contributed by atoms with van der Waals surface area (Å²) in [7, 11) is 0. The number of fused-ring (bicyclic) bond motifs is 3. The van der Waals surface area contributed by atoms with Crippen LogP contribution < -0.4 is 10.6 Å². The number of para-hydroxylation sites is 1. The molecule has 1 aromatic heterocycles. The summed E-state index contributed by atoms with van der Waals surface area (Å²) in [5.74, 6) is 0.488. The van der Waals surface area contributed by atoms with Crippen molar-refractivity contribution >= 4 is 23.1 Å². The van der Waals surface area contributed by atoms with E-state index in [9.17, 15) is 0 Å². The van der Waals surface area contributed by atoms with E-state index in [1.165, 1.54) is 27.0 Å². The zero-order valence-corrected chi connectivity index (χ0v) is 10.6. The fourth-order valence-corrected chi connectivity index (χ4v) is 2.98. The van der Waals surface area contributed by atoms with Gasteiger partial charge >= 0.3 is 0 Å². The van der Waals surface area contributed by atoms with Crippen LogP contribution in [0.3, 0.4) is 0 Å². The molecule has 0 spiro atoms. The minimum Gasteiger partial charge on any atom is -0.355 e. The first-order valence-corrected chi connectivity index (χ1v) is 6.75. The minimum atomic E-state index is 0.488. The molecule has 1 heterocycles. The lowest BCUT2D eigenvalue weighted by atomic mass is 9.92. The molecule has 0 radical (unpaired) electrons. The molecule has 0 saturated heterocycles. The van der Waals surface area contributed by atoms with Crippen LogP contribution in [0.4, 0.5) is 0 Å². The molecule has 92 valence electrons. The van der Waals surface area contributed by atoms with E-state index in [1.807, 2.05) is 0 Å². The highest BCUT2D eigenvalue weighted by molar-refractivity contribution is 5.81. The van der Waals surface area contributed by atoms with Gasteiger partial charge in [-0.3, -0.25) is 0 Å². The van der Waals surface area contributed by atoms with E-state index < -0.39 is 0 Å². The molecule has 1 aliphatic carbocycles. The average Bonchev–Trinajstić information content (AvgIpc) is 2.86. The third-order valence-corrected chi connectivity index (χ3v) is 3.95. The van der Waals surface area contributed by atoms with E-state index in [2.05, 4.69) is 71.7 Å². The van der Waals surface area contributed by atoms with Gasteiger partial charge in [-0.2, -0.15) is 0 Å². The normalized spacial score (nSPS) is 17.6. The molecule has 0 bridgehead atoms. The van der Waals surface area contributed by atoms with E-state index in [1.54, 1.807) is 0 Å². The molecule has 1 atom stereocenters. The first kappa shape index (κ1) is 10.6. The van der Waals surface area contributed by atoms with Crippen molar-refractivity contribution in [1.29, 1.82) is 0 Å². The Morgan fingerprint density at radius 1 is 0.895 bits per heavy atom. The van der Waals surface area contributed by atoms with Crippen LogP contribution in [0.25, 0.3) is 23.1 Å². The summed E-state index contributed by atoms with van der Waals surface area (Å²) < 4.78 is 0. The second kappa shape index (κ2) is 4.13. The Balaban J connectivity index is 1.92. The number of aromatic amines is 1. The minimum absolute atomic E-state index is 0.488. The number of H-pyrrole nitrogens is 1. The van der Waals surface area contributed by atoms with Crippen molar-refractivity contribution in [1.82, 2.24) is 4.98 Å². The SMILES string of the molecule is C1=c2[nH]c3ccccc3c2=CCC1c1ccccc1. The highest BCUT2D eigenvalue weighted by Crippen LogP contribution is 2.23. The van der Waals surface area contributed by atoms with Crippen LogP contribution in [0.2, 0.25) is 0 Å². The van der Waals surface area contributed by atoms with Gasteiger partial charge in [0.2, 0.25) is 0 Å². The number of nitrogens with one attached hydrogen (secondary N) is 1. The van der Waals surface area contributed by atoms with Crippen molar-refractivity contribution in [3.63, 3.8) is 0 Å². The Morgan fingerprint density at radius 2 is 1.68 bits per heavy atom. The standard InChI is InChI=1S/C18H15N/c1-2-6-13(7-3-1)14-10-11-16-15-8-4-5-9-17(15)19-18(16)12-14/h1-9,11-12,14,19H,10H2. The van der Waals surface area contributed by atoms with Gasteiger partial charge in [-0.25, -0.2) is 0 Å². The number of aromatic nitrogens is 1.